The van der Waals surface area contributed by atoms with Gasteiger partial charge in [0, 0.05) is 18.7 Å². The van der Waals surface area contributed by atoms with E-state index in [4.69, 9.17) is 4.74 Å². The lowest BCUT2D eigenvalue weighted by Crippen LogP contribution is -2.55. The number of halogens is 1. The minimum atomic E-state index is -2.18. The summed E-state index contributed by atoms with van der Waals surface area (Å²) in [6.07, 6.45) is -0.199. The van der Waals surface area contributed by atoms with Crippen molar-refractivity contribution >= 4 is 0 Å². The molecule has 0 amide bonds. The molecular formula is C14H20FNO3. The normalized spacial score (nSPS) is 25.6. The number of nitrogens with zero attached hydrogens (tertiary/aromatic N) is 1. The molecule has 106 valence electrons. The number of ether oxygens (including phenoxy) is 1. The van der Waals surface area contributed by atoms with E-state index in [1.54, 1.807) is 13.0 Å². The molecule has 1 fully saturated rings. The van der Waals surface area contributed by atoms with Crippen molar-refractivity contribution in [3.63, 3.8) is 0 Å². The topological polar surface area (TPSA) is 52.9 Å². The fourth-order valence-corrected chi connectivity index (χ4v) is 2.42. The molecule has 1 aliphatic heterocycles. The molecule has 0 radical (unpaired) electrons. The third-order valence-electron chi connectivity index (χ3n) is 3.42. The molecule has 1 aromatic rings. The Morgan fingerprint density at radius 3 is 2.37 bits per heavy atom. The van der Waals surface area contributed by atoms with Crippen molar-refractivity contribution in [1.29, 1.82) is 0 Å². The van der Waals surface area contributed by atoms with E-state index in [0.29, 0.717) is 18.7 Å². The first-order valence-electron chi connectivity index (χ1n) is 6.42. The Balaban J connectivity index is 2.27. The number of benzene rings is 1. The van der Waals surface area contributed by atoms with Gasteiger partial charge in [0.1, 0.15) is 5.82 Å². The van der Waals surface area contributed by atoms with Crippen molar-refractivity contribution in [2.24, 2.45) is 0 Å². The standard InChI is InChI=1S/C14H20FNO3/c1-9-4-5-12(6-13(9)15)14(17,18)16-7-10(2)19-11(3)8-16/h4-6,10-11,17-18H,7-8H2,1-3H3. The predicted octanol–water partition coefficient (Wildman–Crippen LogP) is 1.34. The van der Waals surface area contributed by atoms with Crippen molar-refractivity contribution < 1.29 is 19.3 Å². The van der Waals surface area contributed by atoms with E-state index in [-0.39, 0.29) is 17.8 Å². The Morgan fingerprint density at radius 2 is 1.84 bits per heavy atom. The third kappa shape index (κ3) is 2.95. The van der Waals surface area contributed by atoms with Crippen LogP contribution in [0.15, 0.2) is 18.2 Å². The van der Waals surface area contributed by atoms with Crippen molar-refractivity contribution in [3.8, 4) is 0 Å². The van der Waals surface area contributed by atoms with E-state index in [1.165, 1.54) is 17.0 Å². The largest absolute Gasteiger partial charge is 0.373 e. The first-order chi connectivity index (χ1) is 8.80. The van der Waals surface area contributed by atoms with Gasteiger partial charge >= 0.3 is 0 Å². The van der Waals surface area contributed by atoms with Gasteiger partial charge in [-0.1, -0.05) is 12.1 Å². The highest BCUT2D eigenvalue weighted by atomic mass is 19.1. The van der Waals surface area contributed by atoms with Gasteiger partial charge in [0.2, 0.25) is 0 Å². The van der Waals surface area contributed by atoms with E-state index >= 15 is 0 Å². The van der Waals surface area contributed by atoms with Crippen molar-refractivity contribution in [1.82, 2.24) is 4.90 Å². The molecule has 0 aliphatic carbocycles. The van der Waals surface area contributed by atoms with Crippen molar-refractivity contribution in [3.05, 3.63) is 35.1 Å². The van der Waals surface area contributed by atoms with Crippen molar-refractivity contribution in [2.75, 3.05) is 13.1 Å². The zero-order valence-electron chi connectivity index (χ0n) is 11.4. The Hall–Kier alpha value is -1.01. The molecule has 1 saturated heterocycles. The lowest BCUT2D eigenvalue weighted by atomic mass is 10.1. The summed E-state index contributed by atoms with van der Waals surface area (Å²) in [5.74, 6) is -2.62. The van der Waals surface area contributed by atoms with Gasteiger partial charge < -0.3 is 14.9 Å². The SMILES string of the molecule is Cc1ccc(C(O)(O)N2CC(C)OC(C)C2)cc1F. The molecule has 0 bridgehead atoms. The zero-order valence-corrected chi connectivity index (χ0v) is 11.4. The number of aryl methyl sites for hydroxylation is 1. The van der Waals surface area contributed by atoms with Gasteiger partial charge in [0.15, 0.2) is 0 Å². The lowest BCUT2D eigenvalue weighted by molar-refractivity contribution is -0.298. The van der Waals surface area contributed by atoms with E-state index in [9.17, 15) is 14.6 Å². The van der Waals surface area contributed by atoms with Crippen LogP contribution in [0.25, 0.3) is 0 Å². The molecule has 2 N–H and O–H groups in total. The number of hydrogen-bond acceptors (Lipinski definition) is 4. The third-order valence-corrected chi connectivity index (χ3v) is 3.42. The molecule has 2 rings (SSSR count). The summed E-state index contributed by atoms with van der Waals surface area (Å²) in [6.45, 7) is 6.14. The molecule has 0 saturated carbocycles. The second kappa shape index (κ2) is 5.17. The number of hydrogen-bond donors (Lipinski definition) is 2. The predicted molar refractivity (Wildman–Crippen MR) is 68.8 cm³/mol. The maximum absolute atomic E-state index is 13.6. The number of rotatable bonds is 2. The van der Waals surface area contributed by atoms with Crippen LogP contribution in [0.2, 0.25) is 0 Å². The van der Waals surface area contributed by atoms with Gasteiger partial charge in [0.25, 0.3) is 5.91 Å². The summed E-state index contributed by atoms with van der Waals surface area (Å²) in [7, 11) is 0. The highest BCUT2D eigenvalue weighted by Gasteiger charge is 2.38. The van der Waals surface area contributed by atoms with E-state index in [2.05, 4.69) is 0 Å². The molecule has 1 aliphatic rings. The molecule has 19 heavy (non-hydrogen) atoms. The second-order valence-corrected chi connectivity index (χ2v) is 5.26. The Kier molecular flexibility index (Phi) is 3.92. The van der Waals surface area contributed by atoms with Crippen LogP contribution in [0.3, 0.4) is 0 Å². The number of aliphatic hydroxyl groups is 2. The fourth-order valence-electron chi connectivity index (χ4n) is 2.42. The summed E-state index contributed by atoms with van der Waals surface area (Å²) in [5, 5.41) is 20.6. The molecule has 0 spiro atoms. The number of morpholine rings is 1. The van der Waals surface area contributed by atoms with E-state index in [0.717, 1.165) is 0 Å². The van der Waals surface area contributed by atoms with Crippen molar-refractivity contribution in [2.45, 2.75) is 38.9 Å². The molecule has 5 heteroatoms. The maximum Gasteiger partial charge on any atom is 0.253 e. The summed E-state index contributed by atoms with van der Waals surface area (Å²) in [4.78, 5) is 1.50. The van der Waals surface area contributed by atoms with Gasteiger partial charge in [-0.25, -0.2) is 9.29 Å². The summed E-state index contributed by atoms with van der Waals surface area (Å²) < 4.78 is 19.1. The van der Waals surface area contributed by atoms with Crippen LogP contribution in [0.4, 0.5) is 4.39 Å². The molecular weight excluding hydrogens is 249 g/mol. The van der Waals surface area contributed by atoms with Crippen LogP contribution in [0.5, 0.6) is 0 Å². The fraction of sp³-hybridized carbons (Fsp3) is 0.571. The first kappa shape index (κ1) is 14.4. The lowest BCUT2D eigenvalue weighted by Gasteiger charge is -2.42. The zero-order chi connectivity index (χ0) is 14.2. The van der Waals surface area contributed by atoms with Crippen LogP contribution >= 0.6 is 0 Å². The second-order valence-electron chi connectivity index (χ2n) is 5.26. The highest BCUT2D eigenvalue weighted by Crippen LogP contribution is 2.27. The Bertz CT molecular complexity index is 454. The van der Waals surface area contributed by atoms with Crippen LogP contribution in [-0.2, 0) is 10.6 Å². The van der Waals surface area contributed by atoms with Gasteiger partial charge in [-0.05, 0) is 32.4 Å². The highest BCUT2D eigenvalue weighted by molar-refractivity contribution is 5.26. The van der Waals surface area contributed by atoms with Gasteiger partial charge in [0.05, 0.1) is 12.2 Å². The van der Waals surface area contributed by atoms with Gasteiger partial charge in [-0.3, -0.25) is 0 Å². The summed E-state index contributed by atoms with van der Waals surface area (Å²) in [6, 6.07) is 4.24. The first-order valence-corrected chi connectivity index (χ1v) is 6.42. The monoisotopic (exact) mass is 269 g/mol. The van der Waals surface area contributed by atoms with E-state index < -0.39 is 11.7 Å². The Labute approximate surface area is 112 Å². The molecule has 1 heterocycles. The van der Waals surface area contributed by atoms with Crippen LogP contribution in [0.1, 0.15) is 25.0 Å². The molecule has 0 aromatic heterocycles. The molecule has 1 aromatic carbocycles. The average molecular weight is 269 g/mol. The quantitative estimate of drug-likeness (QED) is 0.796. The average Bonchev–Trinajstić information content (AvgIpc) is 2.31. The Morgan fingerprint density at radius 1 is 1.26 bits per heavy atom. The van der Waals surface area contributed by atoms with Crippen LogP contribution in [0, 0.1) is 12.7 Å². The summed E-state index contributed by atoms with van der Waals surface area (Å²) in [5.41, 5.74) is 0.611. The van der Waals surface area contributed by atoms with Gasteiger partial charge in [-0.15, -0.1) is 0 Å². The molecule has 4 nitrogen and oxygen atoms in total. The molecule has 2 unspecified atom stereocenters. The van der Waals surface area contributed by atoms with Gasteiger partial charge in [-0.2, -0.15) is 0 Å². The van der Waals surface area contributed by atoms with Crippen LogP contribution in [-0.4, -0.2) is 40.4 Å². The minimum absolute atomic E-state index is 0.0993. The minimum Gasteiger partial charge on any atom is -0.373 e. The molecule has 2 atom stereocenters. The van der Waals surface area contributed by atoms with Crippen LogP contribution < -0.4 is 0 Å². The summed E-state index contributed by atoms with van der Waals surface area (Å²) >= 11 is 0. The maximum atomic E-state index is 13.6. The smallest absolute Gasteiger partial charge is 0.253 e. The van der Waals surface area contributed by atoms with E-state index in [1.807, 2.05) is 13.8 Å².